The van der Waals surface area contributed by atoms with Crippen LogP contribution in [0.3, 0.4) is 0 Å². The van der Waals surface area contributed by atoms with Crippen molar-refractivity contribution in [2.45, 2.75) is 179 Å². The highest BCUT2D eigenvalue weighted by atomic mass is 16.6. The minimum absolute atomic E-state index is 0.199. The first kappa shape index (κ1) is 54.2. The lowest BCUT2D eigenvalue weighted by Crippen LogP contribution is -2.42. The molecule has 0 radical (unpaired) electrons. The van der Waals surface area contributed by atoms with E-state index in [-0.39, 0.29) is 24.0 Å². The number of aliphatic hydroxyl groups is 3. The normalized spacial score (nSPS) is 19.3. The van der Waals surface area contributed by atoms with Crippen LogP contribution in [0.5, 0.6) is 0 Å². The van der Waals surface area contributed by atoms with E-state index in [0.29, 0.717) is 49.1 Å². The molecular weight excluding hydrogens is 719 g/mol. The molecule has 330 valence electrons. The molecule has 4 unspecified atom stereocenters. The first-order valence-corrected chi connectivity index (χ1v) is 22.1. The summed E-state index contributed by atoms with van der Waals surface area (Å²) >= 11 is 0. The largest absolute Gasteiger partial charge is 0.456 e. The third-order valence-electron chi connectivity index (χ3n) is 10.1. The van der Waals surface area contributed by atoms with E-state index in [1.165, 1.54) is 13.3 Å². The molecule has 8 atom stereocenters. The molecule has 10 nitrogen and oxygen atoms in total. The van der Waals surface area contributed by atoms with Gasteiger partial charge in [-0.05, 0) is 106 Å². The van der Waals surface area contributed by atoms with Gasteiger partial charge >= 0.3 is 12.0 Å². The van der Waals surface area contributed by atoms with Crippen molar-refractivity contribution in [1.29, 1.82) is 0 Å². The van der Waals surface area contributed by atoms with Crippen LogP contribution in [0.1, 0.15) is 148 Å². The maximum absolute atomic E-state index is 12.5. The van der Waals surface area contributed by atoms with Gasteiger partial charge in [0.05, 0.1) is 12.0 Å². The molecule has 0 spiro atoms. The standard InChI is InChI=1S/C34H55N3O5.C8H16O2.C3H8.C2H6/c1-9-31(34(8,40)41)42-32(38)27(7)20-25(5)18-24(4)19-26(6)22-37(23(2)3)17-16-35-33(39)36-30-15-14-28-12-10-11-13-29(28)21-30;1-3-7-4-6(2)10-8(9)5-7;1-3-2;1-2/h10-15,21,23-27,31,40-41H,9,16-20,22H2,1-8H3,(H2,35,36,39);6-9H,3-5H2,1-2H3;3H2,1-2H3;1-2H3/t24-,25-,26-,27?,31-;;;/m1.../s1. The van der Waals surface area contributed by atoms with E-state index < -0.39 is 18.2 Å². The summed E-state index contributed by atoms with van der Waals surface area (Å²) in [6.07, 6.45) is 6.27. The van der Waals surface area contributed by atoms with Gasteiger partial charge in [0, 0.05) is 37.8 Å². The Hall–Kier alpha value is -2.76. The number of nitrogens with one attached hydrogen (secondary N) is 2. The number of fused-ring (bicyclic) bond motifs is 1. The van der Waals surface area contributed by atoms with Crippen LogP contribution >= 0.6 is 0 Å². The zero-order valence-electron chi connectivity index (χ0n) is 38.4. The van der Waals surface area contributed by atoms with Gasteiger partial charge in [0.2, 0.25) is 0 Å². The Morgan fingerprint density at radius 1 is 0.895 bits per heavy atom. The number of esters is 1. The molecule has 0 aromatic heterocycles. The number of hydrogen-bond donors (Lipinski definition) is 5. The van der Waals surface area contributed by atoms with Crippen molar-refractivity contribution >= 4 is 28.5 Å². The summed E-state index contributed by atoms with van der Waals surface area (Å²) < 4.78 is 10.6. The first-order chi connectivity index (χ1) is 26.8. The molecule has 5 N–H and O–H groups in total. The Bertz CT molecular complexity index is 1340. The molecule has 1 aliphatic rings. The third-order valence-corrected chi connectivity index (χ3v) is 10.1. The molecule has 2 aromatic carbocycles. The van der Waals surface area contributed by atoms with Gasteiger partial charge in [0.25, 0.3) is 0 Å². The zero-order chi connectivity index (χ0) is 43.7. The van der Waals surface area contributed by atoms with Gasteiger partial charge in [-0.25, -0.2) is 4.79 Å². The maximum atomic E-state index is 12.5. The maximum Gasteiger partial charge on any atom is 0.319 e. The van der Waals surface area contributed by atoms with Gasteiger partial charge < -0.3 is 35.4 Å². The van der Waals surface area contributed by atoms with Crippen LogP contribution in [0.2, 0.25) is 0 Å². The number of rotatable bonds is 18. The van der Waals surface area contributed by atoms with E-state index >= 15 is 0 Å². The van der Waals surface area contributed by atoms with Crippen LogP contribution in [0.4, 0.5) is 10.5 Å². The Labute approximate surface area is 347 Å². The summed E-state index contributed by atoms with van der Waals surface area (Å²) in [6, 6.07) is 14.2. The molecule has 1 aliphatic heterocycles. The van der Waals surface area contributed by atoms with Crippen molar-refractivity contribution < 1.29 is 34.4 Å². The minimum atomic E-state index is -2.04. The van der Waals surface area contributed by atoms with Gasteiger partial charge in [0.15, 0.2) is 18.2 Å². The minimum Gasteiger partial charge on any atom is -0.456 e. The summed E-state index contributed by atoms with van der Waals surface area (Å²) in [4.78, 5) is 27.5. The second-order valence-corrected chi connectivity index (χ2v) is 16.7. The highest BCUT2D eigenvalue weighted by molar-refractivity contribution is 5.93. The Morgan fingerprint density at radius 2 is 1.47 bits per heavy atom. The molecule has 2 aromatic rings. The monoisotopic (exact) mass is 804 g/mol. The summed E-state index contributed by atoms with van der Waals surface area (Å²) in [5.41, 5.74) is 0.776. The second kappa shape index (κ2) is 29.4. The molecule has 0 bridgehead atoms. The number of hydrogen-bond acceptors (Lipinski definition) is 8. The predicted octanol–water partition coefficient (Wildman–Crippen LogP) is 10.4. The molecular formula is C47H85N3O7. The fourth-order valence-electron chi connectivity index (χ4n) is 7.46. The van der Waals surface area contributed by atoms with Gasteiger partial charge in [0.1, 0.15) is 0 Å². The number of benzene rings is 2. The second-order valence-electron chi connectivity index (χ2n) is 16.7. The number of nitrogens with zero attached hydrogens (tertiary/aromatic N) is 1. The van der Waals surface area contributed by atoms with Crippen molar-refractivity contribution in [3.8, 4) is 0 Å². The summed E-state index contributed by atoms with van der Waals surface area (Å²) in [5, 5.41) is 36.9. The van der Waals surface area contributed by atoms with Gasteiger partial charge in [-0.3, -0.25) is 9.69 Å². The van der Waals surface area contributed by atoms with Crippen LogP contribution in [0, 0.1) is 29.6 Å². The van der Waals surface area contributed by atoms with E-state index in [9.17, 15) is 19.8 Å². The predicted molar refractivity (Wildman–Crippen MR) is 238 cm³/mol. The lowest BCUT2D eigenvalue weighted by molar-refractivity contribution is -0.228. The number of ether oxygens (including phenoxy) is 2. The lowest BCUT2D eigenvalue weighted by atomic mass is 9.85. The zero-order valence-corrected chi connectivity index (χ0v) is 38.4. The fourth-order valence-corrected chi connectivity index (χ4v) is 7.46. The molecule has 3 rings (SSSR count). The van der Waals surface area contributed by atoms with Crippen molar-refractivity contribution in [3.63, 3.8) is 0 Å². The highest BCUT2D eigenvalue weighted by Crippen LogP contribution is 2.27. The summed E-state index contributed by atoms with van der Waals surface area (Å²) in [5.74, 6) is -0.723. The van der Waals surface area contributed by atoms with Crippen LogP contribution in [-0.2, 0) is 14.3 Å². The average Bonchev–Trinajstić information content (AvgIpc) is 3.13. The number of aliphatic hydroxyl groups excluding tert-OH is 1. The van der Waals surface area contributed by atoms with Crippen LogP contribution < -0.4 is 10.6 Å². The molecule has 0 aliphatic carbocycles. The number of urea groups is 1. The fraction of sp³-hybridized carbons (Fsp3) is 0.745. The van der Waals surface area contributed by atoms with Gasteiger partial charge in [-0.2, -0.15) is 0 Å². The molecule has 1 heterocycles. The average molecular weight is 804 g/mol. The smallest absolute Gasteiger partial charge is 0.319 e. The van der Waals surface area contributed by atoms with E-state index in [0.717, 1.165) is 61.7 Å². The SMILES string of the molecule is CC.CCC.CCC1CC(C)OC(O)C1.CC[C@@H](OC(=O)C(C)C[C@H](C)C[C@@H](C)C[C@@H](C)CN(CCNC(=O)Nc1ccc2ccccc2c1)C(C)C)C(C)(O)O. The summed E-state index contributed by atoms with van der Waals surface area (Å²) in [6.45, 7) is 30.7. The Morgan fingerprint density at radius 3 is 2.02 bits per heavy atom. The quantitative estimate of drug-likeness (QED) is 0.0741. The van der Waals surface area contributed by atoms with Crippen LogP contribution in [-0.4, -0.2) is 82.2 Å². The van der Waals surface area contributed by atoms with E-state index in [4.69, 9.17) is 14.6 Å². The van der Waals surface area contributed by atoms with E-state index in [1.807, 2.05) is 64.1 Å². The van der Waals surface area contributed by atoms with Crippen LogP contribution in [0.25, 0.3) is 10.8 Å². The highest BCUT2D eigenvalue weighted by Gasteiger charge is 2.33. The lowest BCUT2D eigenvalue weighted by Gasteiger charge is -2.31. The molecule has 57 heavy (non-hydrogen) atoms. The van der Waals surface area contributed by atoms with Crippen molar-refractivity contribution in [2.75, 3.05) is 25.0 Å². The van der Waals surface area contributed by atoms with Gasteiger partial charge in [-0.15, -0.1) is 0 Å². The van der Waals surface area contributed by atoms with Crippen molar-refractivity contribution in [2.24, 2.45) is 29.6 Å². The first-order valence-electron chi connectivity index (χ1n) is 22.1. The molecule has 10 heteroatoms. The van der Waals surface area contributed by atoms with Crippen molar-refractivity contribution in [1.82, 2.24) is 10.2 Å². The third kappa shape index (κ3) is 23.4. The molecule has 1 saturated heterocycles. The Balaban J connectivity index is 0.00000176. The van der Waals surface area contributed by atoms with Gasteiger partial charge in [-0.1, -0.05) is 112 Å². The summed E-state index contributed by atoms with van der Waals surface area (Å²) in [7, 11) is 0. The number of amides is 2. The topological polar surface area (TPSA) is 141 Å². The number of carbonyl (C=O) groups excluding carboxylic acids is 2. The van der Waals surface area contributed by atoms with E-state index in [1.54, 1.807) is 6.92 Å². The Kier molecular flexibility index (Phi) is 28.0. The molecule has 0 saturated carbocycles. The van der Waals surface area contributed by atoms with E-state index in [2.05, 4.69) is 77.0 Å². The number of anilines is 1. The van der Waals surface area contributed by atoms with Crippen LogP contribution in [0.15, 0.2) is 42.5 Å². The van der Waals surface area contributed by atoms with Crippen molar-refractivity contribution in [3.05, 3.63) is 42.5 Å². The number of carbonyl (C=O) groups is 2. The molecule has 1 fully saturated rings. The molecule has 2 amide bonds.